The summed E-state index contributed by atoms with van der Waals surface area (Å²) in [7, 11) is 1.90. The molecule has 0 atom stereocenters. The van der Waals surface area contributed by atoms with E-state index in [9.17, 15) is 14.7 Å². The minimum atomic E-state index is -1.16. The van der Waals surface area contributed by atoms with Crippen molar-refractivity contribution < 1.29 is 19.0 Å². The molecule has 0 aliphatic rings. The number of aryl methyl sites for hydroxylation is 1. The zero-order chi connectivity index (χ0) is 31.2. The number of nitrogens with zero attached hydrogens (tertiary/aromatic N) is 5. The van der Waals surface area contributed by atoms with Crippen molar-refractivity contribution in [2.75, 3.05) is 5.32 Å². The lowest BCUT2D eigenvalue weighted by Gasteiger charge is -2.22. The molecule has 0 aliphatic heterocycles. The van der Waals surface area contributed by atoms with Crippen LogP contribution < -0.4 is 15.6 Å². The average molecular weight is 613 g/mol. The van der Waals surface area contributed by atoms with Gasteiger partial charge in [-0.15, -0.1) is 11.3 Å². The number of nitrogens with one attached hydrogen (secondary N) is 1. The molecule has 6 aromatic rings. The Morgan fingerprint density at radius 3 is 2.57 bits per heavy atom. The van der Waals surface area contributed by atoms with Crippen molar-refractivity contribution in [3.05, 3.63) is 107 Å². The third-order valence-electron chi connectivity index (χ3n) is 7.02. The Morgan fingerprint density at radius 2 is 1.89 bits per heavy atom. The second-order valence-electron chi connectivity index (χ2n) is 11.0. The molecular formula is C32H29FN6O4S. The average Bonchev–Trinajstić information content (AvgIpc) is 3.66. The third-order valence-corrected chi connectivity index (χ3v) is 8.18. The number of benzene rings is 2. The van der Waals surface area contributed by atoms with E-state index in [1.165, 1.54) is 28.2 Å². The van der Waals surface area contributed by atoms with Crippen LogP contribution in [0.5, 0.6) is 11.5 Å². The molecule has 6 rings (SSSR count). The molecule has 0 saturated carbocycles. The molecule has 224 valence electrons. The number of para-hydroxylation sites is 1. The fourth-order valence-electron chi connectivity index (χ4n) is 4.98. The van der Waals surface area contributed by atoms with Crippen molar-refractivity contribution in [3.8, 4) is 27.8 Å². The number of anilines is 1. The van der Waals surface area contributed by atoms with E-state index in [1.54, 1.807) is 74.5 Å². The van der Waals surface area contributed by atoms with Crippen molar-refractivity contribution in [1.29, 1.82) is 0 Å². The van der Waals surface area contributed by atoms with Crippen molar-refractivity contribution in [2.45, 2.75) is 32.9 Å². The summed E-state index contributed by atoms with van der Waals surface area (Å²) < 4.78 is 26.9. The first-order valence-corrected chi connectivity index (χ1v) is 14.6. The summed E-state index contributed by atoms with van der Waals surface area (Å²) in [5.41, 5.74) is 0.853. The number of fused-ring (bicyclic) bond motifs is 1. The van der Waals surface area contributed by atoms with E-state index in [-0.39, 0.29) is 23.5 Å². The number of hydrogen-bond donors (Lipinski definition) is 2. The SMILES string of the molecule is Cc1c(C(=O)Nc2ccc(Oc3ccnc4cc(-c5cncn5C)sc34)c(F)c2)c(=O)n(-c2ccccc2)n1CC(C)(C)O. The van der Waals surface area contributed by atoms with Gasteiger partial charge in [-0.2, -0.15) is 0 Å². The number of rotatable bonds is 8. The van der Waals surface area contributed by atoms with Gasteiger partial charge in [-0.1, -0.05) is 18.2 Å². The second-order valence-corrected chi connectivity index (χ2v) is 12.1. The summed E-state index contributed by atoms with van der Waals surface area (Å²) in [6.45, 7) is 4.94. The van der Waals surface area contributed by atoms with Crippen molar-refractivity contribution in [2.24, 2.45) is 7.05 Å². The van der Waals surface area contributed by atoms with Gasteiger partial charge >= 0.3 is 0 Å². The molecule has 0 spiro atoms. The molecule has 0 radical (unpaired) electrons. The lowest BCUT2D eigenvalue weighted by atomic mass is 10.1. The topological polar surface area (TPSA) is 116 Å². The Hall–Kier alpha value is -5.07. The Morgan fingerprint density at radius 1 is 1.11 bits per heavy atom. The molecule has 0 aliphatic carbocycles. The van der Waals surface area contributed by atoms with Gasteiger partial charge in [-0.3, -0.25) is 19.3 Å². The van der Waals surface area contributed by atoms with E-state index in [0.717, 1.165) is 21.3 Å². The third kappa shape index (κ3) is 5.52. The first-order chi connectivity index (χ1) is 21.0. The molecule has 4 heterocycles. The van der Waals surface area contributed by atoms with Crippen LogP contribution in [0.4, 0.5) is 10.1 Å². The molecule has 0 saturated heterocycles. The van der Waals surface area contributed by atoms with Crippen molar-refractivity contribution in [3.63, 3.8) is 0 Å². The Balaban J connectivity index is 1.27. The largest absolute Gasteiger partial charge is 0.453 e. The van der Waals surface area contributed by atoms with Gasteiger partial charge in [0.2, 0.25) is 0 Å². The molecule has 0 unspecified atom stereocenters. The van der Waals surface area contributed by atoms with Gasteiger partial charge < -0.3 is 19.7 Å². The molecule has 2 aromatic carbocycles. The number of aliphatic hydroxyl groups is 1. The van der Waals surface area contributed by atoms with Gasteiger partial charge in [-0.05, 0) is 51.1 Å². The quantitative estimate of drug-likeness (QED) is 0.221. The second kappa shape index (κ2) is 11.2. The number of pyridine rings is 1. The van der Waals surface area contributed by atoms with Crippen molar-refractivity contribution in [1.82, 2.24) is 23.9 Å². The van der Waals surface area contributed by atoms with Gasteiger partial charge in [0, 0.05) is 31.1 Å². The van der Waals surface area contributed by atoms with Crippen LogP contribution in [0.15, 0.2) is 84.2 Å². The van der Waals surface area contributed by atoms with Crippen LogP contribution >= 0.6 is 11.3 Å². The number of thiophene rings is 1. The molecular weight excluding hydrogens is 583 g/mol. The zero-order valence-electron chi connectivity index (χ0n) is 24.4. The van der Waals surface area contributed by atoms with Gasteiger partial charge in [0.1, 0.15) is 11.3 Å². The van der Waals surface area contributed by atoms with Crippen LogP contribution in [0.1, 0.15) is 29.9 Å². The van der Waals surface area contributed by atoms with E-state index in [0.29, 0.717) is 22.6 Å². The molecule has 0 fully saturated rings. The van der Waals surface area contributed by atoms with Crippen LogP contribution in [-0.2, 0) is 13.6 Å². The van der Waals surface area contributed by atoms with Gasteiger partial charge in [-0.25, -0.2) is 14.1 Å². The molecule has 12 heteroatoms. The highest BCUT2D eigenvalue weighted by molar-refractivity contribution is 7.22. The number of carbonyl (C=O) groups is 1. The van der Waals surface area contributed by atoms with E-state index in [4.69, 9.17) is 4.74 Å². The molecule has 1 amide bonds. The maximum atomic E-state index is 15.3. The number of amides is 1. The lowest BCUT2D eigenvalue weighted by Crippen LogP contribution is -2.32. The van der Waals surface area contributed by atoms with Crippen LogP contribution in [0.2, 0.25) is 0 Å². The maximum Gasteiger partial charge on any atom is 0.284 e. The van der Waals surface area contributed by atoms with Gasteiger partial charge in [0.25, 0.3) is 11.5 Å². The minimum Gasteiger partial charge on any atom is -0.453 e. The molecule has 4 aromatic heterocycles. The van der Waals surface area contributed by atoms with Crippen LogP contribution in [0, 0.1) is 12.7 Å². The van der Waals surface area contributed by atoms with Gasteiger partial charge in [0.05, 0.1) is 56.8 Å². The first kappa shape index (κ1) is 29.0. The van der Waals surface area contributed by atoms with E-state index >= 15 is 4.39 Å². The summed E-state index contributed by atoms with van der Waals surface area (Å²) in [5.74, 6) is -0.995. The van der Waals surface area contributed by atoms with Crippen molar-refractivity contribution >= 4 is 33.1 Å². The van der Waals surface area contributed by atoms with E-state index in [2.05, 4.69) is 15.3 Å². The summed E-state index contributed by atoms with van der Waals surface area (Å²) >= 11 is 1.46. The predicted molar refractivity (Wildman–Crippen MR) is 167 cm³/mol. The zero-order valence-corrected chi connectivity index (χ0v) is 25.2. The summed E-state index contributed by atoms with van der Waals surface area (Å²) in [4.78, 5) is 36.5. The van der Waals surface area contributed by atoms with E-state index < -0.39 is 22.9 Å². The number of aromatic nitrogens is 5. The number of imidazole rings is 1. The minimum absolute atomic E-state index is 0.0371. The Kier molecular flexibility index (Phi) is 7.39. The highest BCUT2D eigenvalue weighted by Gasteiger charge is 2.27. The maximum absolute atomic E-state index is 15.3. The number of ether oxygens (including phenoxy) is 1. The fraction of sp³-hybridized carbons (Fsp3) is 0.188. The summed E-state index contributed by atoms with van der Waals surface area (Å²) in [6.07, 6.45) is 5.07. The fourth-order valence-corrected chi connectivity index (χ4v) is 6.10. The number of carbonyl (C=O) groups excluding carboxylic acids is 1. The predicted octanol–water partition coefficient (Wildman–Crippen LogP) is 5.91. The first-order valence-electron chi connectivity index (χ1n) is 13.7. The smallest absolute Gasteiger partial charge is 0.284 e. The van der Waals surface area contributed by atoms with Crippen LogP contribution in [-0.4, -0.2) is 40.5 Å². The highest BCUT2D eigenvalue weighted by Crippen LogP contribution is 2.39. The normalized spacial score (nSPS) is 11.7. The lowest BCUT2D eigenvalue weighted by molar-refractivity contribution is 0.0546. The molecule has 0 bridgehead atoms. The summed E-state index contributed by atoms with van der Waals surface area (Å²) in [6, 6.07) is 16.5. The molecule has 44 heavy (non-hydrogen) atoms. The molecule has 2 N–H and O–H groups in total. The number of hydrogen-bond acceptors (Lipinski definition) is 7. The Bertz CT molecular complexity index is 2070. The highest BCUT2D eigenvalue weighted by atomic mass is 32.1. The Labute approximate surface area is 255 Å². The van der Waals surface area contributed by atoms with E-state index in [1.807, 2.05) is 23.7 Å². The monoisotopic (exact) mass is 612 g/mol. The standard InChI is InChI=1S/C32H29FN6O4S/c1-19-28(31(41)39(21-8-6-5-7-9-21)38(19)17-32(2,3)42)30(40)36-20-10-11-25(22(33)14-20)43-26-12-13-35-23-15-27(44-29(23)26)24-16-34-18-37(24)4/h5-16,18,42H,17H2,1-4H3,(H,36,40). The van der Waals surface area contributed by atoms with Gasteiger partial charge in [0.15, 0.2) is 11.6 Å². The van der Waals surface area contributed by atoms with Crippen LogP contribution in [0.25, 0.3) is 26.5 Å². The molecule has 10 nitrogen and oxygen atoms in total. The number of halogens is 1. The summed E-state index contributed by atoms with van der Waals surface area (Å²) in [5, 5.41) is 13.2. The van der Waals surface area contributed by atoms with Crippen LogP contribution in [0.3, 0.4) is 0 Å².